The summed E-state index contributed by atoms with van der Waals surface area (Å²) >= 11 is 0. The fourth-order valence-electron chi connectivity index (χ4n) is 1.89. The molecule has 0 heterocycles. The molecule has 3 aromatic rings. The molecule has 6 nitrogen and oxygen atoms in total. The van der Waals surface area contributed by atoms with Crippen molar-refractivity contribution < 1.29 is 28.0 Å². The van der Waals surface area contributed by atoms with E-state index in [2.05, 4.69) is 0 Å². The van der Waals surface area contributed by atoms with Gasteiger partial charge in [-0.25, -0.2) is 0 Å². The maximum Gasteiger partial charge on any atom is 0.647 e. The molecule has 3 rings (SSSR count). The first-order valence-electron chi connectivity index (χ1n) is 7.57. The highest BCUT2D eigenvalue weighted by molar-refractivity contribution is 7.49. The zero-order chi connectivity index (χ0) is 18.7. The minimum absolute atomic E-state index is 0.250. The van der Waals surface area contributed by atoms with Gasteiger partial charge in [-0.05, 0) is 36.4 Å². The van der Waals surface area contributed by atoms with E-state index < -0.39 is 7.82 Å². The smallest absolute Gasteiger partial charge is 0.483 e. The van der Waals surface area contributed by atoms with Crippen molar-refractivity contribution in [2.24, 2.45) is 0 Å². The maximum atomic E-state index is 13.1. The zero-order valence-electron chi connectivity index (χ0n) is 13.7. The van der Waals surface area contributed by atoms with Crippen LogP contribution in [-0.4, -0.2) is 11.6 Å². The Labute approximate surface area is 151 Å². The summed E-state index contributed by atoms with van der Waals surface area (Å²) in [7, 11) is -3.89. The van der Waals surface area contributed by atoms with E-state index in [1.807, 2.05) is 18.2 Å². The quantitative estimate of drug-likeness (QED) is 0.483. The Hall–Kier alpha value is -3.24. The molecule has 0 radical (unpaired) electrons. The molecule has 134 valence electrons. The first-order valence-corrected chi connectivity index (χ1v) is 9.03. The standard InChI is InChI=1S/C18H15O4P.CH2O2/c19-23(20-16-10-4-1-5-11-16,21-17-12-6-2-7-13-17)22-18-14-8-3-9-15-18;2-1-3/h1-15H;1H,(H,2,3). The Kier molecular flexibility index (Phi) is 7.28. The van der Waals surface area contributed by atoms with Gasteiger partial charge in [0.1, 0.15) is 17.2 Å². The number of carbonyl (C=O) groups is 1. The molecule has 0 aromatic heterocycles. The molecular formula is C19H17O6P. The van der Waals surface area contributed by atoms with Crippen LogP contribution in [-0.2, 0) is 9.36 Å². The van der Waals surface area contributed by atoms with Crippen molar-refractivity contribution in [1.82, 2.24) is 0 Å². The van der Waals surface area contributed by atoms with E-state index in [4.69, 9.17) is 23.5 Å². The molecular weight excluding hydrogens is 355 g/mol. The van der Waals surface area contributed by atoms with E-state index in [-0.39, 0.29) is 6.47 Å². The number of benzene rings is 3. The molecule has 0 aliphatic rings. The molecule has 0 aliphatic carbocycles. The monoisotopic (exact) mass is 372 g/mol. The maximum absolute atomic E-state index is 13.1. The van der Waals surface area contributed by atoms with Gasteiger partial charge in [0.15, 0.2) is 0 Å². The molecule has 0 unspecified atom stereocenters. The summed E-state index contributed by atoms with van der Waals surface area (Å²) in [5, 5.41) is 6.89. The summed E-state index contributed by atoms with van der Waals surface area (Å²) in [5.41, 5.74) is 0. The number of phosphoric ester groups is 1. The number of phosphoric acid groups is 1. The van der Waals surface area contributed by atoms with Crippen LogP contribution >= 0.6 is 7.82 Å². The fourth-order valence-corrected chi connectivity index (χ4v) is 3.14. The van der Waals surface area contributed by atoms with E-state index in [9.17, 15) is 4.57 Å². The van der Waals surface area contributed by atoms with E-state index in [0.717, 1.165) is 0 Å². The zero-order valence-corrected chi connectivity index (χ0v) is 14.6. The van der Waals surface area contributed by atoms with Crippen molar-refractivity contribution in [3.63, 3.8) is 0 Å². The summed E-state index contributed by atoms with van der Waals surface area (Å²) in [6.07, 6.45) is 0. The molecule has 0 saturated heterocycles. The number of carboxylic acid groups (broad SMARTS) is 1. The molecule has 0 amide bonds. The third kappa shape index (κ3) is 6.34. The molecule has 1 N–H and O–H groups in total. The average Bonchev–Trinajstić information content (AvgIpc) is 2.64. The first kappa shape index (κ1) is 19.1. The van der Waals surface area contributed by atoms with Crippen LogP contribution in [0.5, 0.6) is 17.2 Å². The SMILES string of the molecule is O=CO.O=P(Oc1ccccc1)(Oc1ccccc1)Oc1ccccc1. The van der Waals surface area contributed by atoms with Crippen molar-refractivity contribution in [3.8, 4) is 17.2 Å². The first-order chi connectivity index (χ1) is 12.6. The Bertz CT molecular complexity index is 716. The molecule has 0 bridgehead atoms. The summed E-state index contributed by atoms with van der Waals surface area (Å²) in [4.78, 5) is 8.36. The lowest BCUT2D eigenvalue weighted by Crippen LogP contribution is -2.07. The van der Waals surface area contributed by atoms with Gasteiger partial charge in [0.05, 0.1) is 0 Å². The highest BCUT2D eigenvalue weighted by Crippen LogP contribution is 2.49. The fraction of sp³-hybridized carbons (Fsp3) is 0. The van der Waals surface area contributed by atoms with Crippen LogP contribution < -0.4 is 13.6 Å². The average molecular weight is 372 g/mol. The molecule has 26 heavy (non-hydrogen) atoms. The second-order valence-corrected chi connectivity index (χ2v) is 6.21. The minimum atomic E-state index is -3.89. The molecule has 0 spiro atoms. The Morgan fingerprint density at radius 3 is 1.08 bits per heavy atom. The lowest BCUT2D eigenvalue weighted by Gasteiger charge is -2.19. The normalized spacial score (nSPS) is 10.0. The Balaban J connectivity index is 0.000000758. The molecule has 0 atom stereocenters. The van der Waals surface area contributed by atoms with Gasteiger partial charge in [0, 0.05) is 0 Å². The van der Waals surface area contributed by atoms with Gasteiger partial charge < -0.3 is 18.7 Å². The second-order valence-electron chi connectivity index (χ2n) is 4.77. The number of para-hydroxylation sites is 3. The predicted octanol–water partition coefficient (Wildman–Crippen LogP) is 5.03. The van der Waals surface area contributed by atoms with E-state index in [0.29, 0.717) is 17.2 Å². The van der Waals surface area contributed by atoms with Crippen molar-refractivity contribution in [2.45, 2.75) is 0 Å². The lowest BCUT2D eigenvalue weighted by atomic mass is 10.3. The topological polar surface area (TPSA) is 82.1 Å². The Morgan fingerprint density at radius 2 is 0.846 bits per heavy atom. The molecule has 3 aromatic carbocycles. The summed E-state index contributed by atoms with van der Waals surface area (Å²) in [5.74, 6) is 1.22. The van der Waals surface area contributed by atoms with Gasteiger partial charge >= 0.3 is 7.82 Å². The van der Waals surface area contributed by atoms with Crippen LogP contribution in [0.2, 0.25) is 0 Å². The lowest BCUT2D eigenvalue weighted by molar-refractivity contribution is -0.122. The predicted molar refractivity (Wildman–Crippen MR) is 97.5 cm³/mol. The van der Waals surface area contributed by atoms with Crippen molar-refractivity contribution in [2.75, 3.05) is 0 Å². The molecule has 7 heteroatoms. The third-order valence-electron chi connectivity index (χ3n) is 2.88. The largest absolute Gasteiger partial charge is 0.647 e. The van der Waals surface area contributed by atoms with Crippen LogP contribution in [0.1, 0.15) is 0 Å². The highest BCUT2D eigenvalue weighted by atomic mass is 31.2. The van der Waals surface area contributed by atoms with Crippen LogP contribution in [0.15, 0.2) is 91.0 Å². The van der Waals surface area contributed by atoms with Crippen LogP contribution in [0.25, 0.3) is 0 Å². The summed E-state index contributed by atoms with van der Waals surface area (Å²) in [6.45, 7) is -0.250. The number of rotatable bonds is 6. The van der Waals surface area contributed by atoms with E-state index in [1.54, 1.807) is 72.8 Å². The molecule has 0 aliphatic heterocycles. The van der Waals surface area contributed by atoms with Gasteiger partial charge in [0.25, 0.3) is 6.47 Å². The van der Waals surface area contributed by atoms with Gasteiger partial charge in [-0.2, -0.15) is 4.57 Å². The molecule has 0 fully saturated rings. The summed E-state index contributed by atoms with van der Waals surface area (Å²) < 4.78 is 29.6. The van der Waals surface area contributed by atoms with Gasteiger partial charge in [-0.3, -0.25) is 4.79 Å². The number of hydrogen-bond acceptors (Lipinski definition) is 5. The van der Waals surface area contributed by atoms with Crippen molar-refractivity contribution in [3.05, 3.63) is 91.0 Å². The van der Waals surface area contributed by atoms with E-state index in [1.165, 1.54) is 0 Å². The Morgan fingerprint density at radius 1 is 0.615 bits per heavy atom. The van der Waals surface area contributed by atoms with Gasteiger partial charge in [-0.1, -0.05) is 54.6 Å². The number of hydrogen-bond donors (Lipinski definition) is 1. The van der Waals surface area contributed by atoms with Crippen LogP contribution in [0.3, 0.4) is 0 Å². The van der Waals surface area contributed by atoms with Gasteiger partial charge in [0.2, 0.25) is 0 Å². The summed E-state index contributed by atoms with van der Waals surface area (Å²) in [6, 6.07) is 26.4. The van der Waals surface area contributed by atoms with E-state index >= 15 is 0 Å². The van der Waals surface area contributed by atoms with Crippen LogP contribution in [0.4, 0.5) is 0 Å². The third-order valence-corrected chi connectivity index (χ3v) is 4.18. The molecule has 0 saturated carbocycles. The van der Waals surface area contributed by atoms with Crippen LogP contribution in [0, 0.1) is 0 Å². The van der Waals surface area contributed by atoms with Gasteiger partial charge in [-0.15, -0.1) is 0 Å². The highest BCUT2D eigenvalue weighted by Gasteiger charge is 2.33. The minimum Gasteiger partial charge on any atom is -0.483 e. The second kappa shape index (κ2) is 9.91. The van der Waals surface area contributed by atoms with Crippen molar-refractivity contribution in [1.29, 1.82) is 0 Å². The van der Waals surface area contributed by atoms with Crippen molar-refractivity contribution >= 4 is 14.3 Å².